The van der Waals surface area contributed by atoms with Gasteiger partial charge in [-0.15, -0.1) is 0 Å². The molecule has 98 valence electrons. The van der Waals surface area contributed by atoms with E-state index in [4.69, 9.17) is 5.73 Å². The number of hydrogen-bond donors (Lipinski definition) is 2. The molecule has 1 aromatic rings. The topological polar surface area (TPSA) is 83.6 Å². The van der Waals surface area contributed by atoms with Crippen LogP contribution in [0.4, 0.5) is 5.69 Å². The fourth-order valence-electron chi connectivity index (χ4n) is 1.79. The molecule has 0 heterocycles. The van der Waals surface area contributed by atoms with Gasteiger partial charge in [-0.2, -0.15) is 0 Å². The Morgan fingerprint density at radius 3 is 2.44 bits per heavy atom. The summed E-state index contributed by atoms with van der Waals surface area (Å²) in [5, 5.41) is 9.21. The van der Waals surface area contributed by atoms with Crippen LogP contribution in [0.3, 0.4) is 0 Å². The molecule has 0 aliphatic rings. The molecular formula is C13H18N2O3. The fourth-order valence-corrected chi connectivity index (χ4v) is 1.79. The van der Waals surface area contributed by atoms with Gasteiger partial charge in [-0.05, 0) is 32.9 Å². The third-order valence-corrected chi connectivity index (χ3v) is 2.64. The number of carboxylic acid groups (broad SMARTS) is 1. The lowest BCUT2D eigenvalue weighted by molar-refractivity contribution is -0.116. The Balaban J connectivity index is 3.27. The summed E-state index contributed by atoms with van der Waals surface area (Å²) in [5.41, 5.74) is 6.76. The van der Waals surface area contributed by atoms with Gasteiger partial charge in [0.2, 0.25) is 5.91 Å². The van der Waals surface area contributed by atoms with Crippen molar-refractivity contribution in [2.45, 2.75) is 26.8 Å². The van der Waals surface area contributed by atoms with Crippen molar-refractivity contribution >= 4 is 17.6 Å². The summed E-state index contributed by atoms with van der Waals surface area (Å²) in [4.78, 5) is 24.0. The van der Waals surface area contributed by atoms with Crippen molar-refractivity contribution in [1.82, 2.24) is 0 Å². The van der Waals surface area contributed by atoms with Crippen molar-refractivity contribution in [2.75, 3.05) is 11.4 Å². The van der Waals surface area contributed by atoms with Gasteiger partial charge in [0.05, 0.1) is 17.8 Å². The highest BCUT2D eigenvalue weighted by molar-refractivity contribution is 5.95. The number of carboxylic acids is 1. The molecule has 0 bridgehead atoms. The average molecular weight is 250 g/mol. The maximum atomic E-state index is 11.2. The number of amides is 1. The van der Waals surface area contributed by atoms with Crippen LogP contribution >= 0.6 is 0 Å². The number of primary amides is 1. The zero-order valence-corrected chi connectivity index (χ0v) is 10.8. The average Bonchev–Trinajstić information content (AvgIpc) is 2.25. The summed E-state index contributed by atoms with van der Waals surface area (Å²) >= 11 is 0. The predicted molar refractivity (Wildman–Crippen MR) is 69.8 cm³/mol. The summed E-state index contributed by atoms with van der Waals surface area (Å²) in [6.07, 6.45) is 0. The van der Waals surface area contributed by atoms with Crippen LogP contribution in [0.1, 0.15) is 29.8 Å². The van der Waals surface area contributed by atoms with Crippen LogP contribution in [0.25, 0.3) is 0 Å². The third kappa shape index (κ3) is 3.23. The number of nitrogens with zero attached hydrogens (tertiary/aromatic N) is 1. The van der Waals surface area contributed by atoms with E-state index in [0.717, 1.165) is 5.56 Å². The molecule has 0 saturated carbocycles. The van der Waals surface area contributed by atoms with Gasteiger partial charge in [0.25, 0.3) is 0 Å². The fraction of sp³-hybridized carbons (Fsp3) is 0.385. The molecule has 0 aliphatic carbocycles. The van der Waals surface area contributed by atoms with Gasteiger partial charge in [0.15, 0.2) is 0 Å². The van der Waals surface area contributed by atoms with E-state index in [2.05, 4.69) is 0 Å². The van der Waals surface area contributed by atoms with E-state index < -0.39 is 11.9 Å². The molecule has 0 radical (unpaired) electrons. The van der Waals surface area contributed by atoms with Gasteiger partial charge in [0.1, 0.15) is 0 Å². The minimum Gasteiger partial charge on any atom is -0.478 e. The Morgan fingerprint density at radius 1 is 1.39 bits per heavy atom. The Labute approximate surface area is 106 Å². The van der Waals surface area contributed by atoms with E-state index in [1.54, 1.807) is 17.0 Å². The summed E-state index contributed by atoms with van der Waals surface area (Å²) in [5.74, 6) is -1.50. The van der Waals surface area contributed by atoms with E-state index in [-0.39, 0.29) is 18.2 Å². The maximum absolute atomic E-state index is 11.2. The minimum atomic E-state index is -1.01. The van der Waals surface area contributed by atoms with Gasteiger partial charge < -0.3 is 15.7 Å². The molecule has 0 spiro atoms. The molecule has 5 heteroatoms. The summed E-state index contributed by atoms with van der Waals surface area (Å²) in [6, 6.07) is 5.10. The largest absolute Gasteiger partial charge is 0.478 e. The van der Waals surface area contributed by atoms with Crippen LogP contribution < -0.4 is 10.6 Å². The lowest BCUT2D eigenvalue weighted by Gasteiger charge is -2.29. The van der Waals surface area contributed by atoms with Crippen LogP contribution in [0.15, 0.2) is 18.2 Å². The lowest BCUT2D eigenvalue weighted by Crippen LogP contribution is -2.39. The van der Waals surface area contributed by atoms with E-state index in [9.17, 15) is 14.7 Å². The second-order valence-electron chi connectivity index (χ2n) is 4.51. The standard InChI is InChI=1S/C13H18N2O3/c1-8(2)15(7-12(14)16)11-5-4-9(3)6-10(11)13(17)18/h4-6,8H,7H2,1-3H3,(H2,14,16)(H,17,18). The molecule has 0 aliphatic heterocycles. The minimum absolute atomic E-state index is 0.001000. The molecule has 1 aromatic carbocycles. The van der Waals surface area contributed by atoms with Crippen LogP contribution in [-0.2, 0) is 4.79 Å². The molecule has 0 atom stereocenters. The highest BCUT2D eigenvalue weighted by atomic mass is 16.4. The van der Waals surface area contributed by atoms with Crippen LogP contribution in [0, 0.1) is 6.92 Å². The summed E-state index contributed by atoms with van der Waals surface area (Å²) in [6.45, 7) is 5.59. The second-order valence-corrected chi connectivity index (χ2v) is 4.51. The molecule has 0 unspecified atom stereocenters. The number of rotatable bonds is 5. The SMILES string of the molecule is Cc1ccc(N(CC(N)=O)C(C)C)c(C(=O)O)c1. The van der Waals surface area contributed by atoms with Gasteiger partial charge >= 0.3 is 5.97 Å². The quantitative estimate of drug-likeness (QED) is 0.827. The van der Waals surface area contributed by atoms with Crippen molar-refractivity contribution in [2.24, 2.45) is 5.73 Å². The molecular weight excluding hydrogens is 232 g/mol. The molecule has 0 fully saturated rings. The van der Waals surface area contributed by atoms with Crippen molar-refractivity contribution in [3.63, 3.8) is 0 Å². The highest BCUT2D eigenvalue weighted by Crippen LogP contribution is 2.23. The molecule has 0 aromatic heterocycles. The van der Waals surface area contributed by atoms with Crippen LogP contribution in [0.5, 0.6) is 0 Å². The number of carbonyl (C=O) groups is 2. The Morgan fingerprint density at radius 2 is 2.00 bits per heavy atom. The summed E-state index contributed by atoms with van der Waals surface area (Å²) in [7, 11) is 0. The summed E-state index contributed by atoms with van der Waals surface area (Å²) < 4.78 is 0. The van der Waals surface area contributed by atoms with Crippen molar-refractivity contribution < 1.29 is 14.7 Å². The van der Waals surface area contributed by atoms with Gasteiger partial charge in [-0.25, -0.2) is 4.79 Å². The van der Waals surface area contributed by atoms with Gasteiger partial charge in [0, 0.05) is 6.04 Å². The van der Waals surface area contributed by atoms with Gasteiger partial charge in [-0.1, -0.05) is 11.6 Å². The number of aryl methyl sites for hydroxylation is 1. The zero-order chi connectivity index (χ0) is 13.9. The van der Waals surface area contributed by atoms with E-state index in [1.165, 1.54) is 0 Å². The normalized spacial score (nSPS) is 10.4. The number of benzene rings is 1. The first-order chi connectivity index (χ1) is 8.32. The Bertz CT molecular complexity index is 469. The lowest BCUT2D eigenvalue weighted by atomic mass is 10.1. The molecule has 18 heavy (non-hydrogen) atoms. The molecule has 5 nitrogen and oxygen atoms in total. The van der Waals surface area contributed by atoms with Crippen molar-refractivity contribution in [3.05, 3.63) is 29.3 Å². The number of carbonyl (C=O) groups excluding carboxylic acids is 1. The number of hydrogen-bond acceptors (Lipinski definition) is 3. The first-order valence-corrected chi connectivity index (χ1v) is 5.71. The van der Waals surface area contributed by atoms with Crippen LogP contribution in [-0.4, -0.2) is 29.6 Å². The van der Waals surface area contributed by atoms with Crippen molar-refractivity contribution in [1.29, 1.82) is 0 Å². The van der Waals surface area contributed by atoms with E-state index >= 15 is 0 Å². The molecule has 3 N–H and O–H groups in total. The predicted octanol–water partition coefficient (Wildman–Crippen LogP) is 1.39. The van der Waals surface area contributed by atoms with Crippen LogP contribution in [0.2, 0.25) is 0 Å². The van der Waals surface area contributed by atoms with Gasteiger partial charge in [-0.3, -0.25) is 4.79 Å². The molecule has 1 rings (SSSR count). The zero-order valence-electron chi connectivity index (χ0n) is 10.8. The first-order valence-electron chi connectivity index (χ1n) is 5.71. The Kier molecular flexibility index (Phi) is 4.31. The second kappa shape index (κ2) is 5.53. The van der Waals surface area contributed by atoms with E-state index in [1.807, 2.05) is 26.8 Å². The highest BCUT2D eigenvalue weighted by Gasteiger charge is 2.19. The Hall–Kier alpha value is -2.04. The third-order valence-electron chi connectivity index (χ3n) is 2.64. The van der Waals surface area contributed by atoms with E-state index in [0.29, 0.717) is 5.69 Å². The maximum Gasteiger partial charge on any atom is 0.337 e. The molecule has 1 amide bonds. The monoisotopic (exact) mass is 250 g/mol. The molecule has 0 saturated heterocycles. The van der Waals surface area contributed by atoms with Crippen molar-refractivity contribution in [3.8, 4) is 0 Å². The number of nitrogens with two attached hydrogens (primary N) is 1. The number of aromatic carboxylic acids is 1. The smallest absolute Gasteiger partial charge is 0.337 e. The first kappa shape index (κ1) is 14.0. The number of anilines is 1.